The topological polar surface area (TPSA) is 85.4 Å². The highest BCUT2D eigenvalue weighted by Crippen LogP contribution is 2.24. The van der Waals surface area contributed by atoms with Crippen LogP contribution in [0, 0.1) is 6.92 Å². The minimum absolute atomic E-state index is 0.107. The second-order valence-corrected chi connectivity index (χ2v) is 4.83. The molecule has 7 heteroatoms. The van der Waals surface area contributed by atoms with E-state index in [2.05, 4.69) is 20.6 Å². The van der Waals surface area contributed by atoms with Gasteiger partial charge in [-0.15, -0.1) is 0 Å². The smallest absolute Gasteiger partial charge is 0.321 e. The number of amides is 1. The van der Waals surface area contributed by atoms with Crippen molar-refractivity contribution in [3.63, 3.8) is 0 Å². The molecule has 0 fully saturated rings. The molecule has 1 amide bonds. The predicted molar refractivity (Wildman–Crippen MR) is 86.7 cm³/mol. The third-order valence-electron chi connectivity index (χ3n) is 2.99. The van der Waals surface area contributed by atoms with Crippen LogP contribution in [0.4, 0.5) is 5.69 Å². The zero-order valence-electron chi connectivity index (χ0n) is 13.2. The molecule has 1 heterocycles. The summed E-state index contributed by atoms with van der Waals surface area (Å²) in [5, 5.41) is 5.84. The average Bonchev–Trinajstić information content (AvgIpc) is 2.55. The summed E-state index contributed by atoms with van der Waals surface area (Å²) in [4.78, 5) is 19.8. The molecule has 0 atom stereocenters. The van der Waals surface area contributed by atoms with Crippen LogP contribution in [0.15, 0.2) is 36.7 Å². The van der Waals surface area contributed by atoms with Crippen LogP contribution in [0.1, 0.15) is 5.56 Å². The van der Waals surface area contributed by atoms with E-state index in [4.69, 9.17) is 9.47 Å². The minimum atomic E-state index is -0.107. The highest BCUT2D eigenvalue weighted by atomic mass is 16.5. The number of nitrogens with zero attached hydrogens (tertiary/aromatic N) is 2. The number of nitrogens with one attached hydrogen (secondary N) is 2. The number of benzene rings is 1. The number of methoxy groups -OCH3 is 1. The van der Waals surface area contributed by atoms with Crippen molar-refractivity contribution in [3.05, 3.63) is 42.2 Å². The van der Waals surface area contributed by atoms with Gasteiger partial charge in [0.05, 0.1) is 13.2 Å². The standard InChI is InChI=1S/C16H20N4O3/c1-12-10-13(23-16-18-6-3-7-19-16)4-5-14(12)20-15(21)11-17-8-9-22-2/h3-7,10,17H,8-9,11H2,1-2H3,(H,20,21). The highest BCUT2D eigenvalue weighted by molar-refractivity contribution is 5.93. The van der Waals surface area contributed by atoms with Gasteiger partial charge in [0.25, 0.3) is 0 Å². The third-order valence-corrected chi connectivity index (χ3v) is 2.99. The van der Waals surface area contributed by atoms with E-state index in [9.17, 15) is 4.79 Å². The van der Waals surface area contributed by atoms with Crippen molar-refractivity contribution >= 4 is 11.6 Å². The van der Waals surface area contributed by atoms with Crippen LogP contribution < -0.4 is 15.4 Å². The first-order valence-electron chi connectivity index (χ1n) is 7.24. The van der Waals surface area contributed by atoms with E-state index in [1.807, 2.05) is 13.0 Å². The first kappa shape index (κ1) is 16.9. The summed E-state index contributed by atoms with van der Waals surface area (Å²) in [6.45, 7) is 3.33. The zero-order chi connectivity index (χ0) is 16.5. The number of aromatic nitrogens is 2. The second kappa shape index (κ2) is 8.82. The van der Waals surface area contributed by atoms with E-state index < -0.39 is 0 Å². The normalized spacial score (nSPS) is 10.3. The molecule has 2 rings (SSSR count). The largest absolute Gasteiger partial charge is 0.424 e. The van der Waals surface area contributed by atoms with Crippen LogP contribution >= 0.6 is 0 Å². The Morgan fingerprint density at radius 2 is 2.04 bits per heavy atom. The van der Waals surface area contributed by atoms with Crippen molar-refractivity contribution in [3.8, 4) is 11.8 Å². The molecule has 122 valence electrons. The summed E-state index contributed by atoms with van der Waals surface area (Å²) in [5.41, 5.74) is 1.63. The summed E-state index contributed by atoms with van der Waals surface area (Å²) in [6.07, 6.45) is 3.22. The summed E-state index contributed by atoms with van der Waals surface area (Å²) < 4.78 is 10.5. The average molecular weight is 316 g/mol. The first-order valence-corrected chi connectivity index (χ1v) is 7.24. The van der Waals surface area contributed by atoms with Gasteiger partial charge >= 0.3 is 6.01 Å². The molecular formula is C16H20N4O3. The molecule has 0 saturated heterocycles. The molecule has 2 N–H and O–H groups in total. The lowest BCUT2D eigenvalue weighted by Crippen LogP contribution is -2.30. The zero-order valence-corrected chi connectivity index (χ0v) is 13.2. The van der Waals surface area contributed by atoms with Crippen LogP contribution in [0.2, 0.25) is 0 Å². The van der Waals surface area contributed by atoms with Gasteiger partial charge in [-0.2, -0.15) is 0 Å². The van der Waals surface area contributed by atoms with Gasteiger partial charge in [0, 0.05) is 31.7 Å². The molecule has 0 aliphatic carbocycles. The lowest BCUT2D eigenvalue weighted by Gasteiger charge is -2.11. The van der Waals surface area contributed by atoms with Gasteiger partial charge in [-0.05, 0) is 36.8 Å². The van der Waals surface area contributed by atoms with Crippen LogP contribution in [-0.2, 0) is 9.53 Å². The van der Waals surface area contributed by atoms with E-state index in [1.54, 1.807) is 37.7 Å². The number of hydrogen-bond acceptors (Lipinski definition) is 6. The maximum atomic E-state index is 11.8. The van der Waals surface area contributed by atoms with Crippen molar-refractivity contribution in [1.29, 1.82) is 0 Å². The minimum Gasteiger partial charge on any atom is -0.424 e. The van der Waals surface area contributed by atoms with Gasteiger partial charge in [0.2, 0.25) is 5.91 Å². The molecule has 0 aliphatic rings. The number of ether oxygens (including phenoxy) is 2. The number of carbonyl (C=O) groups is 1. The lowest BCUT2D eigenvalue weighted by atomic mass is 10.2. The fourth-order valence-electron chi connectivity index (χ4n) is 1.85. The number of carbonyl (C=O) groups excluding carboxylic acids is 1. The molecule has 1 aromatic heterocycles. The number of hydrogen-bond donors (Lipinski definition) is 2. The number of rotatable bonds is 8. The Balaban J connectivity index is 1.90. The van der Waals surface area contributed by atoms with Gasteiger partial charge in [-0.25, -0.2) is 9.97 Å². The highest BCUT2D eigenvalue weighted by Gasteiger charge is 2.07. The van der Waals surface area contributed by atoms with Crippen LogP contribution in [-0.4, -0.2) is 42.7 Å². The predicted octanol–water partition coefficient (Wildman–Crippen LogP) is 1.75. The van der Waals surface area contributed by atoms with Crippen LogP contribution in [0.3, 0.4) is 0 Å². The van der Waals surface area contributed by atoms with Gasteiger partial charge in [0.15, 0.2) is 0 Å². The molecule has 23 heavy (non-hydrogen) atoms. The second-order valence-electron chi connectivity index (χ2n) is 4.83. The van der Waals surface area contributed by atoms with Crippen molar-refractivity contribution in [2.45, 2.75) is 6.92 Å². The number of anilines is 1. The monoisotopic (exact) mass is 316 g/mol. The van der Waals surface area contributed by atoms with Crippen LogP contribution in [0.25, 0.3) is 0 Å². The molecular weight excluding hydrogens is 296 g/mol. The fourth-order valence-corrected chi connectivity index (χ4v) is 1.85. The summed E-state index contributed by atoms with van der Waals surface area (Å²) in [5.74, 6) is 0.509. The lowest BCUT2D eigenvalue weighted by molar-refractivity contribution is -0.115. The Labute approximate surface area is 135 Å². The van der Waals surface area contributed by atoms with Crippen molar-refractivity contribution in [2.24, 2.45) is 0 Å². The fraction of sp³-hybridized carbons (Fsp3) is 0.312. The SMILES string of the molecule is COCCNCC(=O)Nc1ccc(Oc2ncccn2)cc1C. The van der Waals surface area contributed by atoms with E-state index in [-0.39, 0.29) is 18.5 Å². The Bertz CT molecular complexity index is 634. The molecule has 0 spiro atoms. The van der Waals surface area contributed by atoms with E-state index >= 15 is 0 Å². The Hall–Kier alpha value is -2.51. The maximum absolute atomic E-state index is 11.8. The molecule has 0 bridgehead atoms. The summed E-state index contributed by atoms with van der Waals surface area (Å²) >= 11 is 0. The van der Waals surface area contributed by atoms with Gasteiger partial charge in [-0.1, -0.05) is 0 Å². The molecule has 0 radical (unpaired) electrons. The van der Waals surface area contributed by atoms with Gasteiger partial charge in [-0.3, -0.25) is 4.79 Å². The molecule has 2 aromatic rings. The first-order chi connectivity index (χ1) is 11.2. The summed E-state index contributed by atoms with van der Waals surface area (Å²) in [7, 11) is 1.62. The van der Waals surface area contributed by atoms with Crippen molar-refractivity contribution < 1.29 is 14.3 Å². The maximum Gasteiger partial charge on any atom is 0.321 e. The summed E-state index contributed by atoms with van der Waals surface area (Å²) in [6, 6.07) is 7.38. The Morgan fingerprint density at radius 1 is 1.26 bits per heavy atom. The molecule has 0 unspecified atom stereocenters. The van der Waals surface area contributed by atoms with E-state index in [0.29, 0.717) is 18.9 Å². The molecule has 7 nitrogen and oxygen atoms in total. The molecule has 0 saturated carbocycles. The van der Waals surface area contributed by atoms with E-state index in [1.165, 1.54) is 0 Å². The van der Waals surface area contributed by atoms with Gasteiger partial charge < -0.3 is 20.1 Å². The van der Waals surface area contributed by atoms with Crippen LogP contribution in [0.5, 0.6) is 11.8 Å². The van der Waals surface area contributed by atoms with E-state index in [0.717, 1.165) is 11.3 Å². The molecule has 0 aliphatic heterocycles. The van der Waals surface area contributed by atoms with Gasteiger partial charge in [0.1, 0.15) is 5.75 Å². The van der Waals surface area contributed by atoms with Crippen molar-refractivity contribution in [1.82, 2.24) is 15.3 Å². The van der Waals surface area contributed by atoms with Crippen molar-refractivity contribution in [2.75, 3.05) is 32.1 Å². The Kier molecular flexibility index (Phi) is 6.46. The Morgan fingerprint density at radius 3 is 2.74 bits per heavy atom. The molecule has 1 aromatic carbocycles. The third kappa shape index (κ3) is 5.65. The quantitative estimate of drug-likeness (QED) is 0.722. The number of aryl methyl sites for hydroxylation is 1.